The minimum Gasteiger partial charge on any atom is -0.488 e. The van der Waals surface area contributed by atoms with Crippen LogP contribution < -0.4 is 4.74 Å². The SMILES string of the molecule is [2H]C([2H])([2H])OCc1nc2ccccn2c1Cc1ccc2c(c1)COc1cc(F)ccc1C2=C(C#N)C1CC1. The lowest BCUT2D eigenvalue weighted by Crippen LogP contribution is -2.03. The van der Waals surface area contributed by atoms with Crippen LogP contribution in [0.3, 0.4) is 0 Å². The van der Waals surface area contributed by atoms with Crippen molar-refractivity contribution in [1.82, 2.24) is 9.38 Å². The van der Waals surface area contributed by atoms with Crippen LogP contribution in [0.1, 0.15) is 50.6 Å². The molecule has 2 aliphatic rings. The van der Waals surface area contributed by atoms with Gasteiger partial charge in [0.25, 0.3) is 0 Å². The Bertz CT molecular complexity index is 1630. The van der Waals surface area contributed by atoms with Crippen molar-refractivity contribution in [2.24, 2.45) is 5.92 Å². The van der Waals surface area contributed by atoms with Gasteiger partial charge in [0.2, 0.25) is 0 Å². The highest BCUT2D eigenvalue weighted by molar-refractivity contribution is 5.89. The van der Waals surface area contributed by atoms with Gasteiger partial charge < -0.3 is 13.9 Å². The van der Waals surface area contributed by atoms with E-state index in [-0.39, 0.29) is 24.9 Å². The molecule has 6 rings (SSSR count). The summed E-state index contributed by atoms with van der Waals surface area (Å²) < 4.78 is 49.4. The summed E-state index contributed by atoms with van der Waals surface area (Å²) in [5.41, 5.74) is 7.12. The minimum atomic E-state index is -2.52. The van der Waals surface area contributed by atoms with E-state index >= 15 is 0 Å². The molecule has 6 heteroatoms. The number of hydrogen-bond donors (Lipinski definition) is 0. The molecule has 35 heavy (non-hydrogen) atoms. The van der Waals surface area contributed by atoms with E-state index in [0.29, 0.717) is 29.1 Å². The number of hydrogen-bond acceptors (Lipinski definition) is 4. The van der Waals surface area contributed by atoms with Crippen LogP contribution in [-0.4, -0.2) is 16.4 Å². The second kappa shape index (κ2) is 8.68. The van der Waals surface area contributed by atoms with Crippen LogP contribution >= 0.6 is 0 Å². The summed E-state index contributed by atoms with van der Waals surface area (Å²) in [5.74, 6) is 0.244. The molecule has 0 saturated heterocycles. The fourth-order valence-corrected chi connectivity index (χ4v) is 4.92. The maximum Gasteiger partial charge on any atom is 0.137 e. The maximum absolute atomic E-state index is 14.1. The van der Waals surface area contributed by atoms with Gasteiger partial charge in [-0.3, -0.25) is 0 Å². The van der Waals surface area contributed by atoms with Gasteiger partial charge in [-0.15, -0.1) is 0 Å². The van der Waals surface area contributed by atoms with E-state index in [9.17, 15) is 9.65 Å². The lowest BCUT2D eigenvalue weighted by atomic mass is 9.88. The highest BCUT2D eigenvalue weighted by Crippen LogP contribution is 2.46. The first-order chi connectivity index (χ1) is 18.3. The van der Waals surface area contributed by atoms with Crippen molar-refractivity contribution in [3.8, 4) is 11.8 Å². The van der Waals surface area contributed by atoms with E-state index in [0.717, 1.165) is 46.4 Å². The number of pyridine rings is 1. The van der Waals surface area contributed by atoms with Crippen LogP contribution in [0.15, 0.2) is 66.4 Å². The summed E-state index contributed by atoms with van der Waals surface area (Å²) in [4.78, 5) is 4.61. The van der Waals surface area contributed by atoms with Crippen molar-refractivity contribution < 1.29 is 18.0 Å². The van der Waals surface area contributed by atoms with Crippen molar-refractivity contribution >= 4 is 11.2 Å². The molecule has 2 aromatic heterocycles. The van der Waals surface area contributed by atoms with Crippen molar-refractivity contribution in [3.63, 3.8) is 0 Å². The first kappa shape index (κ1) is 18.4. The number of nitriles is 1. The molecule has 0 bridgehead atoms. The van der Waals surface area contributed by atoms with Crippen molar-refractivity contribution in [1.29, 1.82) is 5.26 Å². The van der Waals surface area contributed by atoms with Gasteiger partial charge >= 0.3 is 0 Å². The van der Waals surface area contributed by atoms with Gasteiger partial charge in [0, 0.05) is 42.4 Å². The first-order valence-corrected chi connectivity index (χ1v) is 11.6. The van der Waals surface area contributed by atoms with E-state index in [4.69, 9.17) is 13.6 Å². The first-order valence-electron chi connectivity index (χ1n) is 13.1. The molecule has 174 valence electrons. The number of allylic oxidation sites excluding steroid dienone is 1. The fourth-order valence-electron chi connectivity index (χ4n) is 4.92. The van der Waals surface area contributed by atoms with Gasteiger partial charge in [-0.2, -0.15) is 5.26 Å². The average molecular weight is 469 g/mol. The molecule has 1 aliphatic heterocycles. The summed E-state index contributed by atoms with van der Waals surface area (Å²) >= 11 is 0. The number of imidazole rings is 1. The summed E-state index contributed by atoms with van der Waals surface area (Å²) in [6.45, 7) is 0.0942. The molecule has 2 aromatic carbocycles. The van der Waals surface area contributed by atoms with Crippen molar-refractivity contribution in [3.05, 3.63) is 106 Å². The molecule has 1 saturated carbocycles. The zero-order valence-electron chi connectivity index (χ0n) is 21.9. The van der Waals surface area contributed by atoms with Gasteiger partial charge in [0.05, 0.1) is 28.2 Å². The number of ether oxygens (including phenoxy) is 2. The predicted molar refractivity (Wildman–Crippen MR) is 130 cm³/mol. The van der Waals surface area contributed by atoms with Gasteiger partial charge in [-0.1, -0.05) is 24.3 Å². The maximum atomic E-state index is 14.1. The number of fused-ring (bicyclic) bond motifs is 3. The van der Waals surface area contributed by atoms with Crippen LogP contribution in [0.5, 0.6) is 5.75 Å². The second-order valence-electron chi connectivity index (χ2n) is 8.99. The number of aromatic nitrogens is 2. The molecular formula is C29H24FN3O2. The molecule has 0 amide bonds. The van der Waals surface area contributed by atoms with E-state index in [1.807, 2.05) is 47.0 Å². The summed E-state index contributed by atoms with van der Waals surface area (Å²) in [6, 6.07) is 18.6. The van der Waals surface area contributed by atoms with Crippen LogP contribution in [0, 0.1) is 23.1 Å². The smallest absolute Gasteiger partial charge is 0.137 e. The molecule has 0 unspecified atom stereocenters. The second-order valence-corrected chi connectivity index (χ2v) is 8.99. The molecule has 1 aliphatic carbocycles. The molecule has 4 aromatic rings. The van der Waals surface area contributed by atoms with Crippen molar-refractivity contribution in [2.45, 2.75) is 32.5 Å². The van der Waals surface area contributed by atoms with E-state index < -0.39 is 7.04 Å². The fraction of sp³-hybridized carbons (Fsp3) is 0.241. The summed E-state index contributed by atoms with van der Waals surface area (Å²) in [6.07, 6.45) is 4.30. The van der Waals surface area contributed by atoms with Crippen LogP contribution in [0.2, 0.25) is 0 Å². The van der Waals surface area contributed by atoms with Gasteiger partial charge in [-0.25, -0.2) is 9.37 Å². The molecule has 0 radical (unpaired) electrons. The number of halogens is 1. The lowest BCUT2D eigenvalue weighted by Gasteiger charge is -2.14. The highest BCUT2D eigenvalue weighted by atomic mass is 19.1. The Morgan fingerprint density at radius 2 is 2.11 bits per heavy atom. The Labute approximate surface area is 207 Å². The molecular weight excluding hydrogens is 441 g/mol. The highest BCUT2D eigenvalue weighted by Gasteiger charge is 2.32. The molecule has 0 atom stereocenters. The Morgan fingerprint density at radius 1 is 1.23 bits per heavy atom. The van der Waals surface area contributed by atoms with Crippen LogP contribution in [0.25, 0.3) is 11.2 Å². The van der Waals surface area contributed by atoms with Gasteiger partial charge in [0.15, 0.2) is 0 Å². The van der Waals surface area contributed by atoms with Crippen LogP contribution in [0.4, 0.5) is 4.39 Å². The molecule has 1 fully saturated rings. The third-order valence-corrected chi connectivity index (χ3v) is 6.70. The average Bonchev–Trinajstić information content (AvgIpc) is 3.69. The Balaban J connectivity index is 1.42. The predicted octanol–water partition coefficient (Wildman–Crippen LogP) is 5.84. The number of benzene rings is 2. The summed E-state index contributed by atoms with van der Waals surface area (Å²) in [5, 5.41) is 10.1. The standard InChI is InChI=1S/C29H24FN3O2/c1-34-17-25-26(33-11-3-2-4-28(33)32-25)13-18-5-9-22-20(12-18)16-35-27-14-21(30)8-10-23(27)29(22)24(15-31)19-6-7-19/h2-5,8-12,14,19H,6-7,13,16-17H2,1H3/i1D3. The minimum absolute atomic E-state index is 0.137. The number of rotatable bonds is 5. The number of nitrogens with zero attached hydrogens (tertiary/aromatic N) is 3. The van der Waals surface area contributed by atoms with E-state index in [1.165, 1.54) is 12.1 Å². The molecule has 3 heterocycles. The normalized spacial score (nSPS) is 17.8. The molecule has 5 nitrogen and oxygen atoms in total. The Kier molecular flexibility index (Phi) is 4.56. The Hall–Kier alpha value is -3.95. The molecule has 0 spiro atoms. The Morgan fingerprint density at radius 3 is 2.94 bits per heavy atom. The number of methoxy groups -OCH3 is 1. The largest absolute Gasteiger partial charge is 0.488 e. The third-order valence-electron chi connectivity index (χ3n) is 6.70. The quantitative estimate of drug-likeness (QED) is 0.345. The molecule has 0 N–H and O–H groups in total. The lowest BCUT2D eigenvalue weighted by molar-refractivity contribution is 0.181. The van der Waals surface area contributed by atoms with Gasteiger partial charge in [0.1, 0.15) is 23.8 Å². The monoisotopic (exact) mass is 468 g/mol. The van der Waals surface area contributed by atoms with Crippen LogP contribution in [-0.2, 0) is 24.4 Å². The van der Waals surface area contributed by atoms with Gasteiger partial charge in [-0.05, 0) is 59.7 Å². The van der Waals surface area contributed by atoms with E-state index in [2.05, 4.69) is 11.1 Å². The summed E-state index contributed by atoms with van der Waals surface area (Å²) in [7, 11) is -2.52. The third kappa shape index (κ3) is 3.88. The van der Waals surface area contributed by atoms with Crippen molar-refractivity contribution in [2.75, 3.05) is 7.04 Å². The zero-order chi connectivity index (χ0) is 26.4. The zero-order valence-corrected chi connectivity index (χ0v) is 18.9. The van der Waals surface area contributed by atoms with E-state index in [1.54, 1.807) is 6.07 Å². The topological polar surface area (TPSA) is 59.6 Å².